The molecule has 1 aromatic heterocycles. The number of carbonyl (C=O) groups is 1. The predicted molar refractivity (Wildman–Crippen MR) is 77.8 cm³/mol. The number of amides is 1. The van der Waals surface area contributed by atoms with Gasteiger partial charge in [-0.2, -0.15) is 0 Å². The molecule has 1 heterocycles. The topological polar surface area (TPSA) is 54.5 Å². The second-order valence-electron chi connectivity index (χ2n) is 3.66. The first-order chi connectivity index (χ1) is 8.54. The van der Waals surface area contributed by atoms with Crippen molar-refractivity contribution in [2.24, 2.45) is 0 Å². The van der Waals surface area contributed by atoms with Crippen LogP contribution in [0.15, 0.2) is 21.2 Å². The lowest BCUT2D eigenvalue weighted by molar-refractivity contribution is -0.119. The van der Waals surface area contributed by atoms with Gasteiger partial charge in [0.15, 0.2) is 0 Å². The summed E-state index contributed by atoms with van der Waals surface area (Å²) in [6, 6.07) is 1.89. The van der Waals surface area contributed by atoms with Gasteiger partial charge in [-0.15, -0.1) is 0 Å². The van der Waals surface area contributed by atoms with Crippen LogP contribution in [0.5, 0.6) is 0 Å². The van der Waals surface area contributed by atoms with E-state index in [9.17, 15) is 4.79 Å². The lowest BCUT2D eigenvalue weighted by Gasteiger charge is -2.19. The monoisotopic (exact) mass is 379 g/mol. The van der Waals surface area contributed by atoms with Crippen molar-refractivity contribution in [2.75, 3.05) is 38.8 Å². The lowest BCUT2D eigenvalue weighted by atomic mass is 10.4. The highest BCUT2D eigenvalue weighted by molar-refractivity contribution is 9.11. The van der Waals surface area contributed by atoms with E-state index in [1.165, 1.54) is 0 Å². The van der Waals surface area contributed by atoms with Gasteiger partial charge in [-0.05, 0) is 37.9 Å². The Morgan fingerprint density at radius 3 is 2.89 bits per heavy atom. The molecule has 0 unspecified atom stereocenters. The van der Waals surface area contributed by atoms with Gasteiger partial charge in [0.25, 0.3) is 0 Å². The third kappa shape index (κ3) is 4.91. The summed E-state index contributed by atoms with van der Waals surface area (Å²) in [5, 5.41) is 2.76. The molecule has 1 N–H and O–H groups in total. The van der Waals surface area contributed by atoms with E-state index in [4.69, 9.17) is 4.74 Å². The van der Waals surface area contributed by atoms with Crippen LogP contribution < -0.4 is 10.2 Å². The summed E-state index contributed by atoms with van der Waals surface area (Å²) in [5.74, 6) is 0.659. The molecule has 0 spiro atoms. The number of likely N-dealkylation sites (N-methyl/N-ethyl adjacent to an activating group) is 1. The number of hydrogen-bond donors (Lipinski definition) is 1. The number of nitrogens with one attached hydrogen (secondary N) is 1. The second kappa shape index (κ2) is 7.70. The quantitative estimate of drug-likeness (QED) is 0.764. The van der Waals surface area contributed by atoms with Crippen LogP contribution >= 0.6 is 31.9 Å². The molecule has 1 rings (SSSR count). The molecule has 100 valence electrons. The summed E-state index contributed by atoms with van der Waals surface area (Å²) in [5.41, 5.74) is 0. The minimum absolute atomic E-state index is 0.0637. The third-order valence-corrected chi connectivity index (χ3v) is 3.18. The van der Waals surface area contributed by atoms with Gasteiger partial charge in [0.05, 0.1) is 17.6 Å². The van der Waals surface area contributed by atoms with E-state index in [2.05, 4.69) is 42.2 Å². The van der Waals surface area contributed by atoms with Gasteiger partial charge >= 0.3 is 0 Å². The lowest BCUT2D eigenvalue weighted by Crippen LogP contribution is -2.37. The zero-order valence-electron chi connectivity index (χ0n) is 10.2. The van der Waals surface area contributed by atoms with Crippen LogP contribution in [0.1, 0.15) is 0 Å². The van der Waals surface area contributed by atoms with Gasteiger partial charge in [-0.25, -0.2) is 4.98 Å². The molecule has 0 aliphatic carbocycles. The fourth-order valence-electron chi connectivity index (χ4n) is 1.33. The molecule has 0 saturated heterocycles. The Labute approximate surface area is 123 Å². The van der Waals surface area contributed by atoms with Crippen LogP contribution in [-0.2, 0) is 9.53 Å². The number of ether oxygens (including phenoxy) is 1. The smallest absolute Gasteiger partial charge is 0.239 e. The van der Waals surface area contributed by atoms with Crippen molar-refractivity contribution in [1.82, 2.24) is 10.3 Å². The molecule has 7 heteroatoms. The average Bonchev–Trinajstić information content (AvgIpc) is 2.28. The van der Waals surface area contributed by atoms with Crippen LogP contribution in [0.4, 0.5) is 5.82 Å². The molecule has 18 heavy (non-hydrogen) atoms. The molecule has 0 aromatic carbocycles. The Balaban J connectivity index is 2.54. The maximum atomic E-state index is 11.6. The number of nitrogens with zero attached hydrogens (tertiary/aromatic N) is 2. The summed E-state index contributed by atoms with van der Waals surface area (Å²) in [7, 11) is 3.41. The fraction of sp³-hybridized carbons (Fsp3) is 0.455. The number of hydrogen-bond acceptors (Lipinski definition) is 4. The summed E-state index contributed by atoms with van der Waals surface area (Å²) < 4.78 is 6.58. The van der Waals surface area contributed by atoms with Gasteiger partial charge in [-0.3, -0.25) is 4.79 Å². The Bertz CT molecular complexity index is 415. The van der Waals surface area contributed by atoms with E-state index in [0.717, 1.165) is 14.8 Å². The molecule has 0 fully saturated rings. The van der Waals surface area contributed by atoms with Crippen molar-refractivity contribution in [3.05, 3.63) is 21.2 Å². The maximum Gasteiger partial charge on any atom is 0.239 e. The van der Waals surface area contributed by atoms with E-state index in [1.54, 1.807) is 18.2 Å². The molecular weight excluding hydrogens is 366 g/mol. The van der Waals surface area contributed by atoms with Gasteiger partial charge < -0.3 is 15.0 Å². The van der Waals surface area contributed by atoms with Crippen LogP contribution in [0.2, 0.25) is 0 Å². The first kappa shape index (κ1) is 15.4. The van der Waals surface area contributed by atoms with Crippen molar-refractivity contribution in [2.45, 2.75) is 0 Å². The summed E-state index contributed by atoms with van der Waals surface area (Å²) in [6.45, 7) is 1.27. The Hall–Kier alpha value is -0.660. The summed E-state index contributed by atoms with van der Waals surface area (Å²) in [6.07, 6.45) is 1.69. The van der Waals surface area contributed by atoms with Gasteiger partial charge in [-0.1, -0.05) is 0 Å². The highest BCUT2D eigenvalue weighted by atomic mass is 79.9. The Morgan fingerprint density at radius 1 is 1.56 bits per heavy atom. The SMILES string of the molecule is COCCNC(=O)CN(C)c1ncc(Br)cc1Br. The normalized spacial score (nSPS) is 10.2. The number of aromatic nitrogens is 1. The van der Waals surface area contributed by atoms with Crippen molar-refractivity contribution in [1.29, 1.82) is 0 Å². The van der Waals surface area contributed by atoms with Crippen molar-refractivity contribution >= 4 is 43.6 Å². The van der Waals surface area contributed by atoms with Crippen LogP contribution in [-0.4, -0.2) is 44.7 Å². The molecule has 0 aliphatic rings. The number of pyridine rings is 1. The third-order valence-electron chi connectivity index (χ3n) is 2.16. The zero-order chi connectivity index (χ0) is 13.5. The van der Waals surface area contributed by atoms with E-state index in [-0.39, 0.29) is 12.5 Å². The summed E-state index contributed by atoms with van der Waals surface area (Å²) >= 11 is 6.75. The number of methoxy groups -OCH3 is 1. The maximum absolute atomic E-state index is 11.6. The molecule has 0 aliphatic heterocycles. The number of rotatable bonds is 6. The molecule has 0 bridgehead atoms. The highest BCUT2D eigenvalue weighted by Gasteiger charge is 2.11. The van der Waals surface area contributed by atoms with Crippen molar-refractivity contribution in [3.63, 3.8) is 0 Å². The highest BCUT2D eigenvalue weighted by Crippen LogP contribution is 2.25. The van der Waals surface area contributed by atoms with Gasteiger partial charge in [0.1, 0.15) is 5.82 Å². The molecule has 0 atom stereocenters. The van der Waals surface area contributed by atoms with E-state index in [1.807, 2.05) is 13.1 Å². The molecule has 5 nitrogen and oxygen atoms in total. The second-order valence-corrected chi connectivity index (χ2v) is 5.43. The number of anilines is 1. The Kier molecular flexibility index (Phi) is 6.59. The Morgan fingerprint density at radius 2 is 2.28 bits per heavy atom. The van der Waals surface area contributed by atoms with Crippen LogP contribution in [0, 0.1) is 0 Å². The minimum atomic E-state index is -0.0637. The first-order valence-corrected chi connectivity index (χ1v) is 6.91. The van der Waals surface area contributed by atoms with Crippen molar-refractivity contribution < 1.29 is 9.53 Å². The predicted octanol–water partition coefficient (Wildman–Crippen LogP) is 1.81. The van der Waals surface area contributed by atoms with Gasteiger partial charge in [0.2, 0.25) is 5.91 Å². The molecular formula is C11H15Br2N3O2. The first-order valence-electron chi connectivity index (χ1n) is 5.32. The number of halogens is 2. The zero-order valence-corrected chi connectivity index (χ0v) is 13.4. The van der Waals surface area contributed by atoms with E-state index < -0.39 is 0 Å². The van der Waals surface area contributed by atoms with Gasteiger partial charge in [0, 0.05) is 31.4 Å². The standard InChI is InChI=1S/C11H15Br2N3O2/c1-16(7-10(17)14-3-4-18-2)11-9(13)5-8(12)6-15-11/h5-6H,3-4,7H2,1-2H3,(H,14,17). The molecule has 1 amide bonds. The fourth-order valence-corrected chi connectivity index (χ4v) is 2.62. The average molecular weight is 381 g/mol. The van der Waals surface area contributed by atoms with Crippen LogP contribution in [0.3, 0.4) is 0 Å². The van der Waals surface area contributed by atoms with E-state index >= 15 is 0 Å². The van der Waals surface area contributed by atoms with E-state index in [0.29, 0.717) is 13.2 Å². The van der Waals surface area contributed by atoms with Crippen molar-refractivity contribution in [3.8, 4) is 0 Å². The van der Waals surface area contributed by atoms with Crippen LogP contribution in [0.25, 0.3) is 0 Å². The largest absolute Gasteiger partial charge is 0.383 e. The number of carbonyl (C=O) groups excluding carboxylic acids is 1. The molecule has 0 radical (unpaired) electrons. The molecule has 1 aromatic rings. The molecule has 0 saturated carbocycles. The summed E-state index contributed by atoms with van der Waals surface area (Å²) in [4.78, 5) is 17.7. The minimum Gasteiger partial charge on any atom is -0.383 e.